The van der Waals surface area contributed by atoms with Gasteiger partial charge in [0.2, 0.25) is 16.5 Å². The minimum absolute atomic E-state index is 0.0227. The zero-order valence-corrected chi connectivity index (χ0v) is 23.5. The molecule has 188 valence electrons. The molecule has 4 aromatic rings. The zero-order valence-electron chi connectivity index (χ0n) is 19.7. The lowest BCUT2D eigenvalue weighted by Gasteiger charge is -2.19. The molecule has 4 rings (SSSR count). The minimum atomic E-state index is -0.449. The van der Waals surface area contributed by atoms with Crippen LogP contribution >= 0.6 is 58.0 Å². The van der Waals surface area contributed by atoms with E-state index < -0.39 is 4.84 Å². The van der Waals surface area contributed by atoms with Crippen LogP contribution in [0.1, 0.15) is 42.0 Å². The van der Waals surface area contributed by atoms with E-state index in [1.165, 1.54) is 22.3 Å². The SMILES string of the molecule is CCc1ccc(C(c2ccc(CC)cc2)C(Cl)Cl)cc1.Clc1nc(Cl)nc(Nc2ccccc2Cl)n1. The fraction of sp³-hybridized carbons (Fsp3) is 0.222. The first-order chi connectivity index (χ1) is 17.3. The van der Waals surface area contributed by atoms with Crippen LogP contribution in [0.2, 0.25) is 15.6 Å². The Hall–Kier alpha value is -2.08. The third kappa shape index (κ3) is 8.22. The summed E-state index contributed by atoms with van der Waals surface area (Å²) >= 11 is 29.7. The molecule has 36 heavy (non-hydrogen) atoms. The average molecular weight is 583 g/mol. The molecule has 0 spiro atoms. The standard InChI is InChI=1S/C18H20Cl2.C9H5Cl3N4/c1-3-13-5-9-15(10-6-13)17(18(19)20)16-11-7-14(4-2)8-12-16;10-5-3-1-2-4-6(5)13-9-15-7(11)14-8(12)16-9/h5-12,17-18H,3-4H2,1-2H3;1-4H,(H,13,14,15,16). The van der Waals surface area contributed by atoms with Crippen molar-refractivity contribution >= 4 is 69.6 Å². The summed E-state index contributed by atoms with van der Waals surface area (Å²) in [6.07, 6.45) is 2.09. The number of hydrogen-bond acceptors (Lipinski definition) is 4. The van der Waals surface area contributed by atoms with E-state index in [1.807, 2.05) is 12.1 Å². The molecule has 4 nitrogen and oxygen atoms in total. The van der Waals surface area contributed by atoms with Gasteiger partial charge < -0.3 is 5.32 Å². The Morgan fingerprint density at radius 3 is 1.56 bits per heavy atom. The highest BCUT2D eigenvalue weighted by Gasteiger charge is 2.21. The van der Waals surface area contributed by atoms with Gasteiger partial charge in [0.05, 0.1) is 10.7 Å². The van der Waals surface area contributed by atoms with Gasteiger partial charge in [-0.05, 0) is 70.4 Å². The van der Waals surface area contributed by atoms with Gasteiger partial charge in [0.25, 0.3) is 0 Å². The summed E-state index contributed by atoms with van der Waals surface area (Å²) in [7, 11) is 0. The summed E-state index contributed by atoms with van der Waals surface area (Å²) < 4.78 is 0. The Morgan fingerprint density at radius 2 is 1.14 bits per heavy atom. The van der Waals surface area contributed by atoms with Crippen LogP contribution in [0.25, 0.3) is 0 Å². The Bertz CT molecular complexity index is 1180. The first kappa shape index (κ1) is 28.5. The highest BCUT2D eigenvalue weighted by Crippen LogP contribution is 2.33. The number of benzene rings is 3. The summed E-state index contributed by atoms with van der Waals surface area (Å²) in [4.78, 5) is 10.9. The van der Waals surface area contributed by atoms with Crippen molar-refractivity contribution in [3.8, 4) is 0 Å². The van der Waals surface area contributed by atoms with Gasteiger partial charge in [0.1, 0.15) is 4.84 Å². The van der Waals surface area contributed by atoms with E-state index in [2.05, 4.69) is 82.6 Å². The van der Waals surface area contributed by atoms with Gasteiger partial charge in [-0.1, -0.05) is 86.1 Å². The second kappa shape index (κ2) is 14.0. The maximum absolute atomic E-state index is 6.23. The van der Waals surface area contributed by atoms with Crippen LogP contribution in [0, 0.1) is 0 Å². The van der Waals surface area contributed by atoms with Gasteiger partial charge in [-0.2, -0.15) is 15.0 Å². The van der Waals surface area contributed by atoms with Crippen LogP contribution in [0.4, 0.5) is 11.6 Å². The number of rotatable bonds is 7. The van der Waals surface area contributed by atoms with Crippen LogP contribution < -0.4 is 5.32 Å². The molecule has 1 N–H and O–H groups in total. The van der Waals surface area contributed by atoms with Crippen LogP contribution in [0.15, 0.2) is 72.8 Å². The molecule has 0 unspecified atom stereocenters. The monoisotopic (exact) mass is 580 g/mol. The van der Waals surface area contributed by atoms with Crippen molar-refractivity contribution in [2.45, 2.75) is 37.4 Å². The van der Waals surface area contributed by atoms with Crippen molar-refractivity contribution in [1.82, 2.24) is 15.0 Å². The summed E-state index contributed by atoms with van der Waals surface area (Å²) in [5.41, 5.74) is 5.66. The van der Waals surface area contributed by atoms with Crippen molar-refractivity contribution in [1.29, 1.82) is 0 Å². The Morgan fingerprint density at radius 1 is 0.667 bits per heavy atom. The Kier molecular flexibility index (Phi) is 11.1. The van der Waals surface area contributed by atoms with Crippen molar-refractivity contribution in [2.75, 3.05) is 5.32 Å². The predicted molar refractivity (Wildman–Crippen MR) is 154 cm³/mol. The third-order valence-electron chi connectivity index (χ3n) is 5.45. The second-order valence-electron chi connectivity index (χ2n) is 7.80. The lowest BCUT2D eigenvalue weighted by molar-refractivity contribution is 0.883. The van der Waals surface area contributed by atoms with Crippen molar-refractivity contribution in [3.05, 3.63) is 111 Å². The topological polar surface area (TPSA) is 50.7 Å². The molecule has 0 radical (unpaired) electrons. The van der Waals surface area contributed by atoms with E-state index >= 15 is 0 Å². The van der Waals surface area contributed by atoms with Crippen LogP contribution in [0.3, 0.4) is 0 Å². The van der Waals surface area contributed by atoms with Crippen LogP contribution in [-0.4, -0.2) is 19.8 Å². The van der Waals surface area contributed by atoms with E-state index in [-0.39, 0.29) is 22.4 Å². The highest BCUT2D eigenvalue weighted by molar-refractivity contribution is 6.45. The fourth-order valence-electron chi connectivity index (χ4n) is 3.47. The summed E-state index contributed by atoms with van der Waals surface area (Å²) in [6.45, 7) is 4.31. The van der Waals surface area contributed by atoms with Crippen LogP contribution in [-0.2, 0) is 12.8 Å². The van der Waals surface area contributed by atoms with Crippen LogP contribution in [0.5, 0.6) is 0 Å². The molecule has 0 bridgehead atoms. The molecule has 0 aliphatic rings. The lowest BCUT2D eigenvalue weighted by atomic mass is 9.91. The lowest BCUT2D eigenvalue weighted by Crippen LogP contribution is -2.09. The highest BCUT2D eigenvalue weighted by atomic mass is 35.5. The zero-order chi connectivity index (χ0) is 26.1. The smallest absolute Gasteiger partial charge is 0.232 e. The van der Waals surface area contributed by atoms with Crippen molar-refractivity contribution in [2.24, 2.45) is 0 Å². The molecule has 0 fully saturated rings. The number of anilines is 2. The van der Waals surface area contributed by atoms with Crippen molar-refractivity contribution in [3.63, 3.8) is 0 Å². The molecule has 0 aliphatic carbocycles. The predicted octanol–water partition coefficient (Wildman–Crippen LogP) is 9.32. The van der Waals surface area contributed by atoms with Gasteiger partial charge in [0, 0.05) is 5.92 Å². The first-order valence-corrected chi connectivity index (χ1v) is 13.4. The maximum atomic E-state index is 6.23. The number of aryl methyl sites for hydroxylation is 2. The van der Waals surface area contributed by atoms with E-state index in [0.717, 1.165) is 12.8 Å². The number of hydrogen-bond donors (Lipinski definition) is 1. The third-order valence-corrected chi connectivity index (χ3v) is 6.62. The molecule has 3 aromatic carbocycles. The average Bonchev–Trinajstić information content (AvgIpc) is 2.86. The summed E-state index contributed by atoms with van der Waals surface area (Å²) in [5.74, 6) is 0.272. The van der Waals surface area contributed by atoms with Gasteiger partial charge in [-0.15, -0.1) is 23.2 Å². The van der Waals surface area contributed by atoms with E-state index in [4.69, 9.17) is 58.0 Å². The molecule has 1 aromatic heterocycles. The number of aromatic nitrogens is 3. The Balaban J connectivity index is 0.000000205. The normalized spacial score (nSPS) is 10.8. The molecular formula is C27H25Cl5N4. The number of nitrogens with one attached hydrogen (secondary N) is 1. The van der Waals surface area contributed by atoms with E-state index in [0.29, 0.717) is 10.7 Å². The number of halogens is 5. The van der Waals surface area contributed by atoms with E-state index in [1.54, 1.807) is 12.1 Å². The second-order valence-corrected chi connectivity index (χ2v) is 10.1. The molecule has 0 atom stereocenters. The minimum Gasteiger partial charge on any atom is -0.323 e. The summed E-state index contributed by atoms with van der Waals surface area (Å²) in [5, 5.41) is 3.49. The molecule has 0 aliphatic heterocycles. The number of alkyl halides is 2. The molecule has 9 heteroatoms. The first-order valence-electron chi connectivity index (χ1n) is 11.3. The van der Waals surface area contributed by atoms with Gasteiger partial charge in [0.15, 0.2) is 0 Å². The van der Waals surface area contributed by atoms with E-state index in [9.17, 15) is 0 Å². The summed E-state index contributed by atoms with van der Waals surface area (Å²) in [6, 6.07) is 24.3. The number of nitrogens with zero attached hydrogens (tertiary/aromatic N) is 3. The quantitative estimate of drug-likeness (QED) is 0.221. The molecule has 0 saturated heterocycles. The molecule has 0 amide bonds. The van der Waals surface area contributed by atoms with Gasteiger partial charge >= 0.3 is 0 Å². The Labute approximate surface area is 237 Å². The van der Waals surface area contributed by atoms with Gasteiger partial charge in [-0.3, -0.25) is 0 Å². The van der Waals surface area contributed by atoms with Crippen molar-refractivity contribution < 1.29 is 0 Å². The number of para-hydroxylation sites is 1. The fourth-order valence-corrected chi connectivity index (χ4v) is 4.60. The maximum Gasteiger partial charge on any atom is 0.232 e. The molecule has 1 heterocycles. The molecular weight excluding hydrogens is 558 g/mol. The molecule has 0 saturated carbocycles. The van der Waals surface area contributed by atoms with Gasteiger partial charge in [-0.25, -0.2) is 0 Å². The largest absolute Gasteiger partial charge is 0.323 e.